The van der Waals surface area contributed by atoms with Gasteiger partial charge in [-0.25, -0.2) is 9.59 Å². The summed E-state index contributed by atoms with van der Waals surface area (Å²) >= 11 is 0. The number of aromatic nitrogens is 8. The third-order valence-electron chi connectivity index (χ3n) is 12.3. The van der Waals surface area contributed by atoms with Gasteiger partial charge in [0.15, 0.2) is 22.3 Å². The number of H-pyrrole nitrogens is 1. The quantitative estimate of drug-likeness (QED) is 0.181. The number of aromatic amines is 1. The smallest absolute Gasteiger partial charge is 0.332 e. The molecule has 0 spiro atoms. The van der Waals surface area contributed by atoms with Crippen LogP contribution in [0, 0.1) is 11.8 Å². The third kappa shape index (κ3) is 7.42. The topological polar surface area (TPSA) is 177 Å². The van der Waals surface area contributed by atoms with Crippen molar-refractivity contribution < 1.29 is 9.47 Å². The van der Waals surface area contributed by atoms with Gasteiger partial charge in [0.1, 0.15) is 11.5 Å². The van der Waals surface area contributed by atoms with Crippen LogP contribution in [0.5, 0.6) is 11.5 Å². The first-order valence-electron chi connectivity index (χ1n) is 20.2. The Bertz CT molecular complexity index is 2680. The zero-order valence-electron chi connectivity index (χ0n) is 33.8. The first-order chi connectivity index (χ1) is 28.0. The van der Waals surface area contributed by atoms with E-state index in [2.05, 4.69) is 20.6 Å². The minimum atomic E-state index is -0.462. The van der Waals surface area contributed by atoms with Gasteiger partial charge < -0.3 is 20.1 Å². The molecule has 6 aromatic rings. The molecule has 16 nitrogen and oxygen atoms in total. The molecule has 0 aliphatic heterocycles. The van der Waals surface area contributed by atoms with Gasteiger partial charge in [-0.3, -0.25) is 37.4 Å². The van der Waals surface area contributed by atoms with Gasteiger partial charge in [-0.2, -0.15) is 9.97 Å². The van der Waals surface area contributed by atoms with Crippen LogP contribution in [0.15, 0.2) is 67.7 Å². The van der Waals surface area contributed by atoms with Gasteiger partial charge in [0, 0.05) is 33.2 Å². The number of anilines is 2. The summed E-state index contributed by atoms with van der Waals surface area (Å²) in [5.74, 6) is 4.31. The Kier molecular flexibility index (Phi) is 10.7. The van der Waals surface area contributed by atoms with Crippen molar-refractivity contribution in [3.05, 3.63) is 101 Å². The van der Waals surface area contributed by atoms with Crippen molar-refractivity contribution in [3.8, 4) is 11.5 Å². The number of nitrogens with zero attached hydrogens (tertiary/aromatic N) is 7. The van der Waals surface area contributed by atoms with E-state index < -0.39 is 11.2 Å². The number of ether oxygens (including phenoxy) is 2. The Balaban J connectivity index is 0.000000162. The van der Waals surface area contributed by atoms with Crippen molar-refractivity contribution in [3.63, 3.8) is 0 Å². The van der Waals surface area contributed by atoms with E-state index in [9.17, 15) is 19.2 Å². The van der Waals surface area contributed by atoms with Crippen molar-refractivity contribution in [2.75, 3.05) is 24.9 Å². The summed E-state index contributed by atoms with van der Waals surface area (Å²) in [6.45, 7) is 0.952. The van der Waals surface area contributed by atoms with E-state index in [1.165, 1.54) is 54.7 Å². The van der Waals surface area contributed by atoms with Gasteiger partial charge in [0.25, 0.3) is 11.1 Å². The lowest BCUT2D eigenvalue weighted by Gasteiger charge is -2.24. The first-order valence-corrected chi connectivity index (χ1v) is 20.2. The molecule has 0 amide bonds. The number of methoxy groups -OCH3 is 2. The van der Waals surface area contributed by atoms with Gasteiger partial charge in [0.05, 0.1) is 27.3 Å². The highest BCUT2D eigenvalue weighted by Gasteiger charge is 2.40. The molecule has 0 radical (unpaired) electrons. The maximum absolute atomic E-state index is 13.0. The highest BCUT2D eigenvalue weighted by atomic mass is 16.5. The number of rotatable bonds is 10. The number of hydrogen-bond donors (Lipinski definition) is 3. The van der Waals surface area contributed by atoms with Crippen LogP contribution in [0.4, 0.5) is 11.9 Å². The van der Waals surface area contributed by atoms with Crippen LogP contribution in [0.1, 0.15) is 68.9 Å². The minimum Gasteiger partial charge on any atom is -0.497 e. The molecule has 16 heteroatoms. The molecule has 2 bridgehead atoms. The molecule has 4 heterocycles. The van der Waals surface area contributed by atoms with Gasteiger partial charge in [-0.05, 0) is 79.3 Å². The molecule has 3 atom stereocenters. The van der Waals surface area contributed by atoms with E-state index in [1.54, 1.807) is 28.3 Å². The second-order valence-corrected chi connectivity index (χ2v) is 16.0. The lowest BCUT2D eigenvalue weighted by atomic mass is 9.95. The molecule has 0 saturated heterocycles. The van der Waals surface area contributed by atoms with Crippen LogP contribution in [0.25, 0.3) is 22.3 Å². The van der Waals surface area contributed by atoms with Gasteiger partial charge in [0.2, 0.25) is 11.9 Å². The Labute approximate surface area is 334 Å². The summed E-state index contributed by atoms with van der Waals surface area (Å²) in [6.07, 6.45) is 10.8. The number of nitrogens with one attached hydrogen (secondary N) is 3. The Hall–Kier alpha value is -6.06. The molecule has 58 heavy (non-hydrogen) atoms. The molecule has 4 aromatic heterocycles. The predicted molar refractivity (Wildman–Crippen MR) is 223 cm³/mol. The fourth-order valence-corrected chi connectivity index (χ4v) is 9.05. The van der Waals surface area contributed by atoms with Crippen LogP contribution >= 0.6 is 0 Å². The van der Waals surface area contributed by atoms with Crippen LogP contribution in [-0.2, 0) is 34.2 Å². The monoisotopic (exact) mass is 792 g/mol. The normalized spacial score (nSPS) is 19.0. The molecular formula is C42H52N10O6. The van der Waals surface area contributed by atoms with E-state index in [1.807, 2.05) is 57.7 Å². The molecule has 306 valence electrons. The summed E-state index contributed by atoms with van der Waals surface area (Å²) in [5.41, 5.74) is 2.12. The van der Waals surface area contributed by atoms with Crippen molar-refractivity contribution in [1.82, 2.24) is 37.8 Å². The van der Waals surface area contributed by atoms with Crippen LogP contribution < -0.4 is 42.6 Å². The predicted octanol–water partition coefficient (Wildman–Crippen LogP) is 4.32. The third-order valence-corrected chi connectivity index (χ3v) is 12.3. The molecular weight excluding hydrogens is 741 g/mol. The molecule has 3 aliphatic rings. The lowest BCUT2D eigenvalue weighted by molar-refractivity contribution is 0.414. The zero-order valence-corrected chi connectivity index (χ0v) is 33.8. The maximum Gasteiger partial charge on any atom is 0.332 e. The summed E-state index contributed by atoms with van der Waals surface area (Å²) in [5, 5.41) is 7.14. The van der Waals surface area contributed by atoms with Crippen LogP contribution in [0.3, 0.4) is 0 Å². The Morgan fingerprint density at radius 2 is 1.24 bits per heavy atom. The largest absolute Gasteiger partial charge is 0.497 e. The van der Waals surface area contributed by atoms with E-state index >= 15 is 0 Å². The summed E-state index contributed by atoms with van der Waals surface area (Å²) in [6, 6.07) is 16.2. The number of imidazole rings is 2. The van der Waals surface area contributed by atoms with E-state index in [4.69, 9.17) is 14.5 Å². The van der Waals surface area contributed by atoms with E-state index in [0.717, 1.165) is 52.4 Å². The van der Waals surface area contributed by atoms with Gasteiger partial charge in [-0.15, -0.1) is 0 Å². The number of hydrogen-bond acceptors (Lipinski definition) is 10. The van der Waals surface area contributed by atoms with Gasteiger partial charge in [-0.1, -0.05) is 49.9 Å². The van der Waals surface area contributed by atoms with Crippen molar-refractivity contribution in [1.29, 1.82) is 0 Å². The second-order valence-electron chi connectivity index (χ2n) is 16.0. The number of fused-ring (bicyclic) bond motifs is 4. The van der Waals surface area contributed by atoms with Crippen molar-refractivity contribution >= 4 is 34.2 Å². The SMILES string of the molecule is COc1ccc(Cn2c(NC3CC4CCC3C4)nc3c2c(=O)n(C)c(=O)n3C)cc1.COc1ccc(Cn2c(NC3CCCCC3)nc3c2c(=O)[nH]c(=O)n3C)cc1. The summed E-state index contributed by atoms with van der Waals surface area (Å²) in [7, 11) is 8.06. The number of aryl methyl sites for hydroxylation is 2. The molecule has 2 aromatic carbocycles. The molecule has 3 N–H and O–H groups in total. The first kappa shape index (κ1) is 38.8. The van der Waals surface area contributed by atoms with E-state index in [-0.39, 0.29) is 11.2 Å². The maximum atomic E-state index is 13.0. The number of benzene rings is 2. The average molecular weight is 793 g/mol. The fraction of sp³-hybridized carbons (Fsp3) is 0.476. The Morgan fingerprint density at radius 3 is 1.79 bits per heavy atom. The van der Waals surface area contributed by atoms with Gasteiger partial charge >= 0.3 is 11.4 Å². The average Bonchev–Trinajstić information content (AvgIpc) is 4.03. The standard InChI is InChI=1S/C22H27N5O3.C20H25N5O3/c1-25-19-18(20(28)26(2)22(25)29)27(12-13-5-8-16(30-3)9-6-13)21(24-19)23-17-11-14-4-7-15(17)10-14;1-24-17-16(18(26)23-20(24)27)25(12-13-8-10-15(28-2)11-9-13)19(22-17)21-14-6-4-3-5-7-14/h5-6,8-9,14-15,17H,4,7,10-12H2,1-3H3,(H,23,24);8-11,14H,3-7,12H2,1-2H3,(H,21,22)(H,23,26,27). The lowest BCUT2D eigenvalue weighted by Crippen LogP contribution is -2.37. The fourth-order valence-electron chi connectivity index (χ4n) is 9.05. The highest BCUT2D eigenvalue weighted by molar-refractivity contribution is 5.75. The molecule has 9 rings (SSSR count). The summed E-state index contributed by atoms with van der Waals surface area (Å²) < 4.78 is 18.2. The van der Waals surface area contributed by atoms with Crippen molar-refractivity contribution in [2.24, 2.45) is 33.0 Å². The molecule has 3 aliphatic carbocycles. The minimum absolute atomic E-state index is 0.324. The molecule has 3 saturated carbocycles. The summed E-state index contributed by atoms with van der Waals surface area (Å²) in [4.78, 5) is 61.8. The highest BCUT2D eigenvalue weighted by Crippen LogP contribution is 2.45. The molecule has 3 fully saturated rings. The van der Waals surface area contributed by atoms with Crippen LogP contribution in [0.2, 0.25) is 0 Å². The van der Waals surface area contributed by atoms with Crippen molar-refractivity contribution in [2.45, 2.75) is 83.0 Å². The zero-order chi connectivity index (χ0) is 40.7. The molecule has 3 unspecified atom stereocenters. The second kappa shape index (κ2) is 16.1. The van der Waals surface area contributed by atoms with E-state index in [0.29, 0.717) is 65.3 Å². The Morgan fingerprint density at radius 1 is 0.672 bits per heavy atom. The van der Waals surface area contributed by atoms with Crippen LogP contribution in [-0.4, -0.2) is 64.1 Å².